The Morgan fingerprint density at radius 1 is 1.21 bits per heavy atom. The van der Waals surface area contributed by atoms with Gasteiger partial charge in [0.15, 0.2) is 0 Å². The Kier molecular flexibility index (Phi) is 4.65. The van der Waals surface area contributed by atoms with Gasteiger partial charge in [0.2, 0.25) is 11.8 Å². The van der Waals surface area contributed by atoms with Crippen molar-refractivity contribution in [1.82, 2.24) is 0 Å². The molecule has 2 amide bonds. The summed E-state index contributed by atoms with van der Waals surface area (Å²) < 4.78 is 10.8. The van der Waals surface area contributed by atoms with Gasteiger partial charge in [-0.3, -0.25) is 14.5 Å². The van der Waals surface area contributed by atoms with Crippen LogP contribution in [0.3, 0.4) is 0 Å². The number of fused-ring (bicyclic) bond motifs is 1. The monoisotopic (exact) mass is 326 g/mol. The Balaban J connectivity index is 1.79. The summed E-state index contributed by atoms with van der Waals surface area (Å²) in [6.07, 6.45) is 0.233. The molecule has 1 heterocycles. The van der Waals surface area contributed by atoms with Gasteiger partial charge < -0.3 is 14.8 Å². The summed E-state index contributed by atoms with van der Waals surface area (Å²) >= 11 is 0. The molecule has 2 aromatic rings. The summed E-state index contributed by atoms with van der Waals surface area (Å²) in [5.74, 6) is 0.727. The largest absolute Gasteiger partial charge is 0.495 e. The van der Waals surface area contributed by atoms with Crippen molar-refractivity contribution in [2.24, 2.45) is 0 Å². The minimum Gasteiger partial charge on any atom is -0.495 e. The van der Waals surface area contributed by atoms with Crippen LogP contribution >= 0.6 is 0 Å². The number of carbonyl (C=O) groups excluding carboxylic acids is 2. The molecule has 1 N–H and O–H groups in total. The first-order chi connectivity index (χ1) is 11.7. The second kappa shape index (κ2) is 7.04. The molecule has 0 aliphatic carbocycles. The summed E-state index contributed by atoms with van der Waals surface area (Å²) in [6, 6.07) is 14.3. The molecule has 0 saturated carbocycles. The van der Waals surface area contributed by atoms with Crippen LogP contribution < -0.4 is 19.7 Å². The Labute approximate surface area is 140 Å². The van der Waals surface area contributed by atoms with Crippen molar-refractivity contribution in [2.45, 2.75) is 6.42 Å². The Morgan fingerprint density at radius 2 is 1.96 bits per heavy atom. The van der Waals surface area contributed by atoms with E-state index in [1.165, 1.54) is 12.0 Å². The van der Waals surface area contributed by atoms with Crippen LogP contribution in [0.4, 0.5) is 11.4 Å². The van der Waals surface area contributed by atoms with Crippen LogP contribution in [-0.2, 0) is 9.59 Å². The predicted octanol–water partition coefficient (Wildman–Crippen LogP) is 2.45. The standard InChI is InChI=1S/C18H18N2O4/c1-23-15-8-4-2-6-13(15)19-17(21)12-20-14-7-3-5-9-16(14)24-11-10-18(20)22/h2-9H,10-12H2,1H3,(H,19,21). The van der Waals surface area contributed by atoms with Crippen molar-refractivity contribution < 1.29 is 19.1 Å². The highest BCUT2D eigenvalue weighted by Gasteiger charge is 2.25. The second-order valence-electron chi connectivity index (χ2n) is 5.29. The van der Waals surface area contributed by atoms with Crippen molar-refractivity contribution in [2.75, 3.05) is 30.5 Å². The van der Waals surface area contributed by atoms with E-state index < -0.39 is 0 Å². The van der Waals surface area contributed by atoms with Crippen molar-refractivity contribution in [3.63, 3.8) is 0 Å². The molecule has 0 spiro atoms. The van der Waals surface area contributed by atoms with Crippen molar-refractivity contribution in [3.8, 4) is 11.5 Å². The highest BCUT2D eigenvalue weighted by molar-refractivity contribution is 6.04. The van der Waals surface area contributed by atoms with Crippen LogP contribution in [-0.4, -0.2) is 32.1 Å². The molecule has 2 aromatic carbocycles. The number of hydrogen-bond donors (Lipinski definition) is 1. The van der Waals surface area contributed by atoms with Crippen LogP contribution in [0.2, 0.25) is 0 Å². The number of para-hydroxylation sites is 4. The fourth-order valence-electron chi connectivity index (χ4n) is 2.57. The average molecular weight is 326 g/mol. The van der Waals surface area contributed by atoms with E-state index >= 15 is 0 Å². The molecule has 0 atom stereocenters. The Bertz CT molecular complexity index is 760. The Morgan fingerprint density at radius 3 is 2.79 bits per heavy atom. The van der Waals surface area contributed by atoms with E-state index in [0.717, 1.165) is 0 Å². The fraction of sp³-hybridized carbons (Fsp3) is 0.222. The van der Waals surface area contributed by atoms with Gasteiger partial charge >= 0.3 is 0 Å². The first-order valence-electron chi connectivity index (χ1n) is 7.64. The van der Waals surface area contributed by atoms with Gasteiger partial charge in [0.1, 0.15) is 18.0 Å². The van der Waals surface area contributed by atoms with E-state index in [1.807, 2.05) is 18.2 Å². The van der Waals surface area contributed by atoms with Crippen molar-refractivity contribution >= 4 is 23.2 Å². The molecule has 1 aliphatic rings. The molecule has 0 unspecified atom stereocenters. The second-order valence-corrected chi connectivity index (χ2v) is 5.29. The van der Waals surface area contributed by atoms with Gasteiger partial charge in [-0.1, -0.05) is 24.3 Å². The lowest BCUT2D eigenvalue weighted by atomic mass is 10.2. The summed E-state index contributed by atoms with van der Waals surface area (Å²) in [5.41, 5.74) is 1.17. The van der Waals surface area contributed by atoms with Crippen LogP contribution in [0.5, 0.6) is 11.5 Å². The van der Waals surface area contributed by atoms with E-state index in [9.17, 15) is 9.59 Å². The fourth-order valence-corrected chi connectivity index (χ4v) is 2.57. The molecule has 124 valence electrons. The van der Waals surface area contributed by atoms with Gasteiger partial charge in [-0.25, -0.2) is 0 Å². The molecule has 6 nitrogen and oxygen atoms in total. The number of benzene rings is 2. The quantitative estimate of drug-likeness (QED) is 0.937. The van der Waals surface area contributed by atoms with Gasteiger partial charge in [-0.15, -0.1) is 0 Å². The number of ether oxygens (including phenoxy) is 2. The summed E-state index contributed by atoms with van der Waals surface area (Å²) in [4.78, 5) is 26.2. The number of rotatable bonds is 4. The molecule has 0 saturated heterocycles. The number of carbonyl (C=O) groups is 2. The van der Waals surface area contributed by atoms with Crippen LogP contribution in [0.1, 0.15) is 6.42 Å². The van der Waals surface area contributed by atoms with Gasteiger partial charge in [0, 0.05) is 0 Å². The highest BCUT2D eigenvalue weighted by Crippen LogP contribution is 2.31. The summed E-state index contributed by atoms with van der Waals surface area (Å²) in [6.45, 7) is 0.220. The Hall–Kier alpha value is -3.02. The maximum Gasteiger partial charge on any atom is 0.244 e. The van der Waals surface area contributed by atoms with E-state index in [2.05, 4.69) is 5.32 Å². The molecule has 24 heavy (non-hydrogen) atoms. The zero-order chi connectivity index (χ0) is 16.9. The minimum atomic E-state index is -0.301. The number of anilines is 2. The average Bonchev–Trinajstić information content (AvgIpc) is 2.75. The van der Waals surface area contributed by atoms with Gasteiger partial charge in [-0.2, -0.15) is 0 Å². The van der Waals surface area contributed by atoms with Crippen LogP contribution in [0.25, 0.3) is 0 Å². The molecule has 0 aromatic heterocycles. The van der Waals surface area contributed by atoms with Gasteiger partial charge in [0.25, 0.3) is 0 Å². The molecule has 0 bridgehead atoms. The maximum absolute atomic E-state index is 12.4. The lowest BCUT2D eigenvalue weighted by molar-refractivity contribution is -0.121. The first-order valence-corrected chi connectivity index (χ1v) is 7.64. The van der Waals surface area contributed by atoms with Crippen LogP contribution in [0, 0.1) is 0 Å². The van der Waals surface area contributed by atoms with Gasteiger partial charge in [-0.05, 0) is 24.3 Å². The maximum atomic E-state index is 12.4. The van der Waals surface area contributed by atoms with E-state index in [-0.39, 0.29) is 24.8 Å². The normalized spacial score (nSPS) is 13.5. The van der Waals surface area contributed by atoms with Crippen molar-refractivity contribution in [3.05, 3.63) is 48.5 Å². The van der Waals surface area contributed by atoms with E-state index in [1.54, 1.807) is 30.3 Å². The zero-order valence-corrected chi connectivity index (χ0v) is 13.3. The number of hydrogen-bond acceptors (Lipinski definition) is 4. The van der Waals surface area contributed by atoms with Crippen LogP contribution in [0.15, 0.2) is 48.5 Å². The molecule has 0 fully saturated rings. The van der Waals surface area contributed by atoms with Crippen molar-refractivity contribution in [1.29, 1.82) is 0 Å². The summed E-state index contributed by atoms with van der Waals surface area (Å²) in [7, 11) is 1.54. The molecular formula is C18H18N2O4. The molecular weight excluding hydrogens is 308 g/mol. The third-order valence-electron chi connectivity index (χ3n) is 3.71. The van der Waals surface area contributed by atoms with E-state index in [0.29, 0.717) is 29.5 Å². The number of nitrogens with one attached hydrogen (secondary N) is 1. The topological polar surface area (TPSA) is 67.9 Å². The minimum absolute atomic E-state index is 0.0861. The summed E-state index contributed by atoms with van der Waals surface area (Å²) in [5, 5.41) is 2.78. The lowest BCUT2D eigenvalue weighted by Crippen LogP contribution is -2.37. The molecule has 1 aliphatic heterocycles. The zero-order valence-electron chi connectivity index (χ0n) is 13.3. The first kappa shape index (κ1) is 15.9. The number of methoxy groups -OCH3 is 1. The molecule has 6 heteroatoms. The highest BCUT2D eigenvalue weighted by atomic mass is 16.5. The molecule has 3 rings (SSSR count). The molecule has 0 radical (unpaired) electrons. The van der Waals surface area contributed by atoms with E-state index in [4.69, 9.17) is 9.47 Å². The third-order valence-corrected chi connectivity index (χ3v) is 3.71. The van der Waals surface area contributed by atoms with Gasteiger partial charge in [0.05, 0.1) is 31.5 Å². The SMILES string of the molecule is COc1ccccc1NC(=O)CN1C(=O)CCOc2ccccc21. The lowest BCUT2D eigenvalue weighted by Gasteiger charge is -2.21. The smallest absolute Gasteiger partial charge is 0.244 e. The number of nitrogens with zero attached hydrogens (tertiary/aromatic N) is 1. The number of amides is 2. The predicted molar refractivity (Wildman–Crippen MR) is 90.5 cm³/mol. The third kappa shape index (κ3) is 3.32.